The summed E-state index contributed by atoms with van der Waals surface area (Å²) >= 11 is 0. The second-order valence-corrected chi connectivity index (χ2v) is 9.67. The van der Waals surface area contributed by atoms with E-state index in [9.17, 15) is 8.42 Å². The Hall–Kier alpha value is -0.560. The molecule has 0 aliphatic rings. The van der Waals surface area contributed by atoms with Crippen LogP contribution in [0.25, 0.3) is 0 Å². The van der Waals surface area contributed by atoms with Crippen LogP contribution in [-0.4, -0.2) is 31.4 Å². The maximum Gasteiger partial charge on any atom is 0.0494 e. The molecule has 0 N–H and O–H groups in total. The molecule has 0 aromatic rings. The molecular formula is C18H26O2S4. The standard InChI is InChI=1S/C18H26O2S4/c1-5-9-17(15-23(19)11-7-3)13-21-22-14-18(10-6-2)16-24(20)12-8-4/h5-10,13-14H,3-4,11-12,15-16H2,1-2H3/b9-5-,10-6-,17-13-,18-14-. The Labute approximate surface area is 159 Å². The summed E-state index contributed by atoms with van der Waals surface area (Å²) in [5, 5.41) is 4.02. The van der Waals surface area contributed by atoms with Gasteiger partial charge in [0.2, 0.25) is 0 Å². The SMILES string of the molecule is C=CCS(=O)CC(/C=C\C)=C\SS/C=C(/C=C\C)CS(=O)CC=C. The lowest BCUT2D eigenvalue weighted by Crippen LogP contribution is -2.02. The third-order valence-corrected chi connectivity index (χ3v) is 6.82. The van der Waals surface area contributed by atoms with Gasteiger partial charge in [-0.05, 0) is 35.8 Å². The van der Waals surface area contributed by atoms with Crippen LogP contribution in [0.15, 0.2) is 71.6 Å². The summed E-state index contributed by atoms with van der Waals surface area (Å²) in [6, 6.07) is 0. The predicted molar refractivity (Wildman–Crippen MR) is 117 cm³/mol. The summed E-state index contributed by atoms with van der Waals surface area (Å²) in [6.07, 6.45) is 11.2. The Morgan fingerprint density at radius 1 is 0.833 bits per heavy atom. The lowest BCUT2D eigenvalue weighted by Gasteiger charge is -2.02. The second kappa shape index (κ2) is 15.9. The van der Waals surface area contributed by atoms with Gasteiger partial charge in [0.15, 0.2) is 0 Å². The average molecular weight is 403 g/mol. The van der Waals surface area contributed by atoms with Crippen LogP contribution in [0.1, 0.15) is 13.8 Å². The molecule has 0 bridgehead atoms. The number of hydrogen-bond donors (Lipinski definition) is 0. The highest BCUT2D eigenvalue weighted by Gasteiger charge is 2.02. The molecule has 0 radical (unpaired) electrons. The molecule has 134 valence electrons. The summed E-state index contributed by atoms with van der Waals surface area (Å²) in [5.41, 5.74) is 2.07. The van der Waals surface area contributed by atoms with Crippen molar-refractivity contribution in [1.82, 2.24) is 0 Å². The molecule has 6 heteroatoms. The van der Waals surface area contributed by atoms with Gasteiger partial charge in [-0.25, -0.2) is 0 Å². The first-order valence-corrected chi connectivity index (χ1v) is 12.7. The van der Waals surface area contributed by atoms with E-state index in [1.165, 1.54) is 0 Å². The fourth-order valence-corrected chi connectivity index (χ4v) is 5.43. The van der Waals surface area contributed by atoms with Crippen molar-refractivity contribution in [1.29, 1.82) is 0 Å². The molecule has 0 spiro atoms. The van der Waals surface area contributed by atoms with E-state index in [0.29, 0.717) is 23.0 Å². The van der Waals surface area contributed by atoms with Crippen molar-refractivity contribution in [2.45, 2.75) is 13.8 Å². The zero-order chi connectivity index (χ0) is 18.2. The van der Waals surface area contributed by atoms with Crippen molar-refractivity contribution in [3.8, 4) is 0 Å². The Bertz CT molecular complexity index is 507. The van der Waals surface area contributed by atoms with Crippen molar-refractivity contribution in [2.24, 2.45) is 0 Å². The highest BCUT2D eigenvalue weighted by molar-refractivity contribution is 8.79. The molecule has 0 heterocycles. The van der Waals surface area contributed by atoms with E-state index in [-0.39, 0.29) is 0 Å². The molecule has 0 aromatic heterocycles. The van der Waals surface area contributed by atoms with Crippen LogP contribution < -0.4 is 0 Å². The van der Waals surface area contributed by atoms with Crippen LogP contribution in [0.4, 0.5) is 0 Å². The summed E-state index contributed by atoms with van der Waals surface area (Å²) < 4.78 is 23.6. The Morgan fingerprint density at radius 2 is 1.21 bits per heavy atom. The minimum absolute atomic E-state index is 0.507. The Morgan fingerprint density at radius 3 is 1.50 bits per heavy atom. The summed E-state index contributed by atoms with van der Waals surface area (Å²) in [5.74, 6) is 2.07. The van der Waals surface area contributed by atoms with E-state index in [1.54, 1.807) is 33.7 Å². The Balaban J connectivity index is 4.72. The number of rotatable bonds is 13. The first-order valence-electron chi connectivity index (χ1n) is 7.44. The van der Waals surface area contributed by atoms with Crippen LogP contribution in [0.5, 0.6) is 0 Å². The van der Waals surface area contributed by atoms with Crippen molar-refractivity contribution in [3.05, 3.63) is 71.6 Å². The molecule has 0 amide bonds. The highest BCUT2D eigenvalue weighted by Crippen LogP contribution is 2.27. The Kier molecular flexibility index (Phi) is 15.6. The van der Waals surface area contributed by atoms with Crippen molar-refractivity contribution in [2.75, 3.05) is 23.0 Å². The first kappa shape index (κ1) is 23.4. The number of allylic oxidation sites excluding steroid dienone is 4. The molecule has 0 fully saturated rings. The first-order chi connectivity index (χ1) is 11.6. The van der Waals surface area contributed by atoms with E-state index in [0.717, 1.165) is 11.1 Å². The summed E-state index contributed by atoms with van der Waals surface area (Å²) in [6.45, 7) is 11.1. The molecule has 0 aliphatic heterocycles. The topological polar surface area (TPSA) is 34.1 Å². The molecular weight excluding hydrogens is 376 g/mol. The smallest absolute Gasteiger partial charge is 0.0494 e. The van der Waals surface area contributed by atoms with Gasteiger partial charge in [-0.3, -0.25) is 8.42 Å². The monoisotopic (exact) mass is 402 g/mol. The second-order valence-electron chi connectivity index (χ2n) is 4.66. The van der Waals surface area contributed by atoms with Crippen LogP contribution >= 0.6 is 21.6 Å². The van der Waals surface area contributed by atoms with Crippen molar-refractivity contribution < 1.29 is 8.42 Å². The molecule has 24 heavy (non-hydrogen) atoms. The summed E-state index contributed by atoms with van der Waals surface area (Å²) in [7, 11) is 1.31. The maximum absolute atomic E-state index is 11.8. The lowest BCUT2D eigenvalue weighted by molar-refractivity contribution is 0.685. The molecule has 2 atom stereocenters. The number of hydrogen-bond acceptors (Lipinski definition) is 4. The molecule has 2 unspecified atom stereocenters. The van der Waals surface area contributed by atoms with E-state index in [2.05, 4.69) is 13.2 Å². The molecule has 0 saturated heterocycles. The highest BCUT2D eigenvalue weighted by atomic mass is 33.1. The van der Waals surface area contributed by atoms with Gasteiger partial charge in [0.1, 0.15) is 0 Å². The quantitative estimate of drug-likeness (QED) is 0.184. The fourth-order valence-electron chi connectivity index (χ4n) is 1.60. The third-order valence-electron chi connectivity index (χ3n) is 2.48. The van der Waals surface area contributed by atoms with Gasteiger partial charge in [0.25, 0.3) is 0 Å². The van der Waals surface area contributed by atoms with Gasteiger partial charge < -0.3 is 0 Å². The van der Waals surface area contributed by atoms with Gasteiger partial charge in [-0.2, -0.15) is 0 Å². The summed E-state index contributed by atoms with van der Waals surface area (Å²) in [4.78, 5) is 0. The predicted octanol–water partition coefficient (Wildman–Crippen LogP) is 5.16. The van der Waals surface area contributed by atoms with E-state index < -0.39 is 21.6 Å². The van der Waals surface area contributed by atoms with Gasteiger partial charge >= 0.3 is 0 Å². The molecule has 2 nitrogen and oxygen atoms in total. The van der Waals surface area contributed by atoms with Gasteiger partial charge in [0.05, 0.1) is 0 Å². The van der Waals surface area contributed by atoms with E-state index in [4.69, 9.17) is 0 Å². The van der Waals surface area contributed by atoms with Crippen molar-refractivity contribution in [3.63, 3.8) is 0 Å². The van der Waals surface area contributed by atoms with Gasteiger partial charge in [-0.1, -0.05) is 58.0 Å². The van der Waals surface area contributed by atoms with E-state index >= 15 is 0 Å². The van der Waals surface area contributed by atoms with Gasteiger partial charge in [0, 0.05) is 44.6 Å². The van der Waals surface area contributed by atoms with Crippen molar-refractivity contribution >= 4 is 43.2 Å². The lowest BCUT2D eigenvalue weighted by atomic mass is 10.3. The molecule has 0 rings (SSSR count). The minimum atomic E-state index is -0.915. The van der Waals surface area contributed by atoms with E-state index in [1.807, 2.05) is 49.0 Å². The maximum atomic E-state index is 11.8. The molecule has 0 saturated carbocycles. The normalized spacial score (nSPS) is 15.8. The van der Waals surface area contributed by atoms with Crippen LogP contribution in [-0.2, 0) is 21.6 Å². The largest absolute Gasteiger partial charge is 0.259 e. The third kappa shape index (κ3) is 12.8. The zero-order valence-electron chi connectivity index (χ0n) is 14.3. The zero-order valence-corrected chi connectivity index (χ0v) is 17.6. The van der Waals surface area contributed by atoms with Crippen LogP contribution in [0, 0.1) is 0 Å². The molecule has 0 aromatic carbocycles. The fraction of sp³-hybridized carbons (Fsp3) is 0.333. The minimum Gasteiger partial charge on any atom is -0.259 e. The average Bonchev–Trinajstić information content (AvgIpc) is 2.52. The molecule has 0 aliphatic carbocycles. The van der Waals surface area contributed by atoms with Crippen LogP contribution in [0.3, 0.4) is 0 Å². The van der Waals surface area contributed by atoms with Crippen LogP contribution in [0.2, 0.25) is 0 Å². The van der Waals surface area contributed by atoms with Gasteiger partial charge in [-0.15, -0.1) is 13.2 Å².